The smallest absolute Gasteiger partial charge is 0.361 e. The second-order valence-electron chi connectivity index (χ2n) is 7.43. The number of aromatic nitrogens is 2. The summed E-state index contributed by atoms with van der Waals surface area (Å²) in [7, 11) is 1.78. The van der Waals surface area contributed by atoms with Crippen molar-refractivity contribution in [1.82, 2.24) is 14.2 Å². The number of piperidine rings is 1. The van der Waals surface area contributed by atoms with Crippen molar-refractivity contribution in [2.24, 2.45) is 13.0 Å². The van der Waals surface area contributed by atoms with Crippen molar-refractivity contribution >= 4 is 11.0 Å². The van der Waals surface area contributed by atoms with Crippen LogP contribution in [0.4, 0.5) is 0 Å². The first-order valence-corrected chi connectivity index (χ1v) is 9.78. The number of imidazole rings is 1. The number of fused-ring (bicyclic) bond motifs is 1. The van der Waals surface area contributed by atoms with Crippen LogP contribution in [-0.2, 0) is 13.5 Å². The molecule has 5 nitrogen and oxygen atoms in total. The zero-order chi connectivity index (χ0) is 18.6. The average Bonchev–Trinajstić information content (AvgIpc) is 2.95. The molecule has 1 saturated heterocycles. The maximum atomic E-state index is 12.4. The minimum absolute atomic E-state index is 0.127. The fourth-order valence-electron chi connectivity index (χ4n) is 4.01. The lowest BCUT2D eigenvalue weighted by Gasteiger charge is -2.31. The Hall–Kier alpha value is -2.53. The van der Waals surface area contributed by atoms with Crippen LogP contribution in [-0.4, -0.2) is 40.4 Å². The molecule has 3 aromatic rings. The number of rotatable bonds is 6. The minimum Gasteiger partial charge on any atom is -0.408 e. The lowest BCUT2D eigenvalue weighted by atomic mass is 9.90. The van der Waals surface area contributed by atoms with Gasteiger partial charge in [0.15, 0.2) is 0 Å². The van der Waals surface area contributed by atoms with Crippen LogP contribution in [0.25, 0.3) is 11.0 Å². The molecule has 5 heteroatoms. The van der Waals surface area contributed by atoms with Gasteiger partial charge in [0.2, 0.25) is 0 Å². The number of hydrogen-bond acceptors (Lipinski definition) is 3. The summed E-state index contributed by atoms with van der Waals surface area (Å²) in [5.41, 5.74) is 3.03. The molecule has 1 aromatic heterocycles. The van der Waals surface area contributed by atoms with E-state index < -0.39 is 0 Å². The van der Waals surface area contributed by atoms with E-state index in [2.05, 4.69) is 35.2 Å². The average molecular weight is 365 g/mol. The number of likely N-dealkylation sites (tertiary alicyclic amines) is 1. The molecule has 0 unspecified atom stereocenters. The molecule has 1 fully saturated rings. The number of nitrogens with zero attached hydrogens (tertiary/aromatic N) is 3. The van der Waals surface area contributed by atoms with Crippen LogP contribution in [0.3, 0.4) is 0 Å². The van der Waals surface area contributed by atoms with Crippen LogP contribution in [0.15, 0.2) is 59.4 Å². The highest BCUT2D eigenvalue weighted by atomic mass is 16.7. The lowest BCUT2D eigenvalue weighted by Crippen LogP contribution is -2.39. The molecular formula is C22H27N3O2. The maximum Gasteiger partial charge on any atom is 0.361 e. The Morgan fingerprint density at radius 3 is 2.37 bits per heavy atom. The first-order chi connectivity index (χ1) is 13.2. The van der Waals surface area contributed by atoms with Crippen LogP contribution in [0.2, 0.25) is 0 Å². The van der Waals surface area contributed by atoms with Gasteiger partial charge in [-0.15, -0.1) is 4.73 Å². The zero-order valence-corrected chi connectivity index (χ0v) is 15.9. The van der Waals surface area contributed by atoms with E-state index in [1.807, 2.05) is 24.3 Å². The van der Waals surface area contributed by atoms with Gasteiger partial charge in [-0.3, -0.25) is 9.47 Å². The summed E-state index contributed by atoms with van der Waals surface area (Å²) >= 11 is 0. The van der Waals surface area contributed by atoms with Crippen molar-refractivity contribution < 1.29 is 4.84 Å². The van der Waals surface area contributed by atoms with E-state index in [0.29, 0.717) is 6.61 Å². The van der Waals surface area contributed by atoms with Crippen molar-refractivity contribution in [2.45, 2.75) is 19.3 Å². The van der Waals surface area contributed by atoms with Gasteiger partial charge in [-0.25, -0.2) is 4.79 Å². The molecule has 0 amide bonds. The van der Waals surface area contributed by atoms with E-state index in [9.17, 15) is 4.79 Å². The van der Waals surface area contributed by atoms with Gasteiger partial charge in [0.1, 0.15) is 12.1 Å². The second-order valence-corrected chi connectivity index (χ2v) is 7.43. The summed E-state index contributed by atoms with van der Waals surface area (Å²) in [6.07, 6.45) is 3.63. The fourth-order valence-corrected chi connectivity index (χ4v) is 4.01. The molecule has 0 saturated carbocycles. The van der Waals surface area contributed by atoms with E-state index in [-0.39, 0.29) is 5.69 Å². The van der Waals surface area contributed by atoms with Crippen LogP contribution < -0.4 is 10.5 Å². The standard InChI is InChI=1S/C22H27N3O2/c1-23-20-9-5-6-10-21(20)25(22(23)26)27-16-15-24-13-11-19(12-14-24)17-18-7-3-2-4-8-18/h2-10,19H,11-17H2,1H3. The van der Waals surface area contributed by atoms with Gasteiger partial charge < -0.3 is 4.84 Å². The molecule has 2 aromatic carbocycles. The topological polar surface area (TPSA) is 39.4 Å². The third-order valence-electron chi connectivity index (χ3n) is 5.62. The quantitative estimate of drug-likeness (QED) is 0.674. The first kappa shape index (κ1) is 17.9. The lowest BCUT2D eigenvalue weighted by molar-refractivity contribution is 0.0743. The van der Waals surface area contributed by atoms with Crippen molar-refractivity contribution in [2.75, 3.05) is 26.2 Å². The molecule has 0 aliphatic carbocycles. The predicted molar refractivity (Wildman–Crippen MR) is 108 cm³/mol. The molecule has 1 aliphatic rings. The van der Waals surface area contributed by atoms with Crippen molar-refractivity contribution in [1.29, 1.82) is 0 Å². The third kappa shape index (κ3) is 3.93. The minimum atomic E-state index is -0.127. The second kappa shape index (κ2) is 8.01. The van der Waals surface area contributed by atoms with Crippen molar-refractivity contribution in [3.8, 4) is 0 Å². The monoisotopic (exact) mass is 365 g/mol. The third-order valence-corrected chi connectivity index (χ3v) is 5.62. The number of aryl methyl sites for hydroxylation is 1. The molecule has 0 spiro atoms. The van der Waals surface area contributed by atoms with Gasteiger partial charge in [-0.05, 0) is 56.0 Å². The molecule has 0 N–H and O–H groups in total. The highest BCUT2D eigenvalue weighted by Gasteiger charge is 2.19. The van der Waals surface area contributed by atoms with E-state index in [0.717, 1.165) is 36.6 Å². The van der Waals surface area contributed by atoms with E-state index in [1.165, 1.54) is 29.6 Å². The number of hydrogen-bond donors (Lipinski definition) is 0. The van der Waals surface area contributed by atoms with Crippen LogP contribution in [0, 0.1) is 5.92 Å². The van der Waals surface area contributed by atoms with Gasteiger partial charge in [0, 0.05) is 13.6 Å². The van der Waals surface area contributed by atoms with Crippen molar-refractivity contribution in [3.05, 3.63) is 70.6 Å². The van der Waals surface area contributed by atoms with Crippen LogP contribution in [0.5, 0.6) is 0 Å². The molecule has 27 heavy (non-hydrogen) atoms. The fraction of sp³-hybridized carbons (Fsp3) is 0.409. The van der Waals surface area contributed by atoms with Gasteiger partial charge in [0.05, 0.1) is 5.52 Å². The zero-order valence-electron chi connectivity index (χ0n) is 15.9. The van der Waals surface area contributed by atoms with E-state index >= 15 is 0 Å². The summed E-state index contributed by atoms with van der Waals surface area (Å²) in [6.45, 7) is 3.58. The molecular weight excluding hydrogens is 338 g/mol. The molecule has 0 atom stereocenters. The Morgan fingerprint density at radius 1 is 0.963 bits per heavy atom. The Labute approximate surface area is 159 Å². The largest absolute Gasteiger partial charge is 0.408 e. The number of benzene rings is 2. The predicted octanol–water partition coefficient (Wildman–Crippen LogP) is 2.72. The van der Waals surface area contributed by atoms with Gasteiger partial charge >= 0.3 is 5.69 Å². The highest BCUT2D eigenvalue weighted by molar-refractivity contribution is 5.75. The summed E-state index contributed by atoms with van der Waals surface area (Å²) in [5, 5.41) is 0. The Bertz CT molecular complexity index is 937. The normalized spacial score (nSPS) is 16.0. The van der Waals surface area contributed by atoms with Gasteiger partial charge in [0.25, 0.3) is 0 Å². The van der Waals surface area contributed by atoms with Crippen LogP contribution >= 0.6 is 0 Å². The number of para-hydroxylation sites is 2. The summed E-state index contributed by atoms with van der Waals surface area (Å²) in [5.74, 6) is 0.769. The first-order valence-electron chi connectivity index (χ1n) is 9.78. The van der Waals surface area contributed by atoms with E-state index in [4.69, 9.17) is 4.84 Å². The summed E-state index contributed by atoms with van der Waals surface area (Å²) < 4.78 is 3.06. The maximum absolute atomic E-state index is 12.4. The summed E-state index contributed by atoms with van der Waals surface area (Å²) in [4.78, 5) is 20.7. The van der Waals surface area contributed by atoms with Gasteiger partial charge in [-0.2, -0.15) is 0 Å². The Kier molecular flexibility index (Phi) is 5.30. The summed E-state index contributed by atoms with van der Waals surface area (Å²) in [6, 6.07) is 18.5. The Morgan fingerprint density at radius 2 is 1.63 bits per heavy atom. The molecule has 142 valence electrons. The molecule has 4 rings (SSSR count). The highest BCUT2D eigenvalue weighted by Crippen LogP contribution is 2.21. The van der Waals surface area contributed by atoms with Crippen LogP contribution in [0.1, 0.15) is 18.4 Å². The van der Waals surface area contributed by atoms with Crippen molar-refractivity contribution in [3.63, 3.8) is 0 Å². The SMILES string of the molecule is Cn1c(=O)n(OCCN2CCC(Cc3ccccc3)CC2)c2ccccc21. The van der Waals surface area contributed by atoms with E-state index in [1.54, 1.807) is 11.6 Å². The molecule has 0 radical (unpaired) electrons. The molecule has 2 heterocycles. The van der Waals surface area contributed by atoms with Gasteiger partial charge in [-0.1, -0.05) is 42.5 Å². The molecule has 0 bridgehead atoms. The Balaban J connectivity index is 1.28. The molecule has 1 aliphatic heterocycles.